The number of benzene rings is 2. The van der Waals surface area contributed by atoms with E-state index in [0.717, 1.165) is 22.6 Å². The molecule has 152 valence electrons. The number of carbonyl (C=O) groups excluding carboxylic acids is 1. The van der Waals surface area contributed by atoms with Gasteiger partial charge >= 0.3 is 0 Å². The highest BCUT2D eigenvalue weighted by Gasteiger charge is 2.16. The number of nitrogens with one attached hydrogen (secondary N) is 2. The molecule has 2 aromatic carbocycles. The SMILES string of the molecule is Cc1nn(-c2ccccc2)c(C)c1CNC(=O)c1cc(-c2ccc(Cl)cc2Cl)n[nH]1. The first kappa shape index (κ1) is 20.2. The fraction of sp³-hybridized carbons (Fsp3) is 0.136. The molecule has 0 aliphatic heterocycles. The van der Waals surface area contributed by atoms with E-state index in [1.165, 1.54) is 0 Å². The van der Waals surface area contributed by atoms with Gasteiger partial charge in [-0.05, 0) is 50.2 Å². The van der Waals surface area contributed by atoms with Crippen LogP contribution in [0.3, 0.4) is 0 Å². The standard InChI is InChI=1S/C22H19Cl2N5O/c1-13-18(14(2)29(28-13)16-6-4-3-5-7-16)12-25-22(30)21-11-20(26-27-21)17-9-8-15(23)10-19(17)24/h3-11H,12H2,1-2H3,(H,25,30)(H,26,27). The topological polar surface area (TPSA) is 75.6 Å². The average molecular weight is 440 g/mol. The molecule has 1 amide bonds. The summed E-state index contributed by atoms with van der Waals surface area (Å²) in [5, 5.41) is 15.5. The van der Waals surface area contributed by atoms with Gasteiger partial charge in [0.05, 0.1) is 22.1 Å². The number of halogens is 2. The van der Waals surface area contributed by atoms with E-state index in [2.05, 4.69) is 20.6 Å². The highest BCUT2D eigenvalue weighted by atomic mass is 35.5. The fourth-order valence-electron chi connectivity index (χ4n) is 3.29. The zero-order valence-corrected chi connectivity index (χ0v) is 17.9. The molecule has 2 heterocycles. The Morgan fingerprint density at radius 2 is 1.87 bits per heavy atom. The second-order valence-electron chi connectivity index (χ2n) is 6.87. The first-order valence-electron chi connectivity index (χ1n) is 9.33. The number of aromatic amines is 1. The fourth-order valence-corrected chi connectivity index (χ4v) is 3.79. The number of amides is 1. The molecule has 4 rings (SSSR count). The first-order valence-corrected chi connectivity index (χ1v) is 10.1. The van der Waals surface area contributed by atoms with Crippen LogP contribution in [0.2, 0.25) is 10.0 Å². The van der Waals surface area contributed by atoms with Gasteiger partial charge in [-0.1, -0.05) is 41.4 Å². The van der Waals surface area contributed by atoms with E-state index in [9.17, 15) is 4.79 Å². The summed E-state index contributed by atoms with van der Waals surface area (Å²) in [4.78, 5) is 12.6. The van der Waals surface area contributed by atoms with Crippen LogP contribution in [0.4, 0.5) is 0 Å². The Morgan fingerprint density at radius 1 is 1.10 bits per heavy atom. The Labute approximate surface area is 183 Å². The third-order valence-electron chi connectivity index (χ3n) is 4.90. The van der Waals surface area contributed by atoms with Gasteiger partial charge in [0.15, 0.2) is 0 Å². The normalized spacial score (nSPS) is 10.9. The molecule has 0 saturated heterocycles. The lowest BCUT2D eigenvalue weighted by Crippen LogP contribution is -2.23. The van der Waals surface area contributed by atoms with Crippen molar-refractivity contribution in [2.24, 2.45) is 0 Å². The summed E-state index contributed by atoms with van der Waals surface area (Å²) in [5.74, 6) is -0.259. The molecule has 6 nitrogen and oxygen atoms in total. The van der Waals surface area contributed by atoms with E-state index in [-0.39, 0.29) is 5.91 Å². The van der Waals surface area contributed by atoms with Gasteiger partial charge in [0.2, 0.25) is 0 Å². The number of para-hydroxylation sites is 1. The maximum Gasteiger partial charge on any atom is 0.269 e. The summed E-state index contributed by atoms with van der Waals surface area (Å²) >= 11 is 12.2. The molecule has 0 aliphatic rings. The number of hydrogen-bond acceptors (Lipinski definition) is 3. The molecule has 30 heavy (non-hydrogen) atoms. The maximum atomic E-state index is 12.6. The molecule has 2 N–H and O–H groups in total. The summed E-state index contributed by atoms with van der Waals surface area (Å²) in [6.45, 7) is 4.29. The average Bonchev–Trinajstić information content (AvgIpc) is 3.32. The van der Waals surface area contributed by atoms with Crippen molar-refractivity contribution in [2.45, 2.75) is 20.4 Å². The van der Waals surface area contributed by atoms with Gasteiger partial charge in [-0.25, -0.2) is 4.68 Å². The molecule has 8 heteroatoms. The third-order valence-corrected chi connectivity index (χ3v) is 5.45. The minimum atomic E-state index is -0.259. The summed E-state index contributed by atoms with van der Waals surface area (Å²) in [6.07, 6.45) is 0. The number of rotatable bonds is 5. The van der Waals surface area contributed by atoms with Crippen LogP contribution in [0.1, 0.15) is 27.4 Å². The Kier molecular flexibility index (Phi) is 5.61. The molecular weight excluding hydrogens is 421 g/mol. The summed E-state index contributed by atoms with van der Waals surface area (Å²) < 4.78 is 1.88. The summed E-state index contributed by atoms with van der Waals surface area (Å²) in [5.41, 5.74) is 5.44. The predicted molar refractivity (Wildman–Crippen MR) is 118 cm³/mol. The monoisotopic (exact) mass is 439 g/mol. The lowest BCUT2D eigenvalue weighted by atomic mass is 10.1. The van der Waals surface area contributed by atoms with Gasteiger partial charge in [0, 0.05) is 28.4 Å². The Bertz CT molecular complexity index is 1210. The van der Waals surface area contributed by atoms with Crippen LogP contribution in [0, 0.1) is 13.8 Å². The lowest BCUT2D eigenvalue weighted by Gasteiger charge is -2.06. The highest BCUT2D eigenvalue weighted by Crippen LogP contribution is 2.29. The lowest BCUT2D eigenvalue weighted by molar-refractivity contribution is 0.0946. The molecular formula is C22H19Cl2N5O. The number of aryl methyl sites for hydroxylation is 1. The van der Waals surface area contributed by atoms with Crippen molar-refractivity contribution in [3.63, 3.8) is 0 Å². The van der Waals surface area contributed by atoms with Crippen molar-refractivity contribution in [3.8, 4) is 16.9 Å². The van der Waals surface area contributed by atoms with E-state index in [4.69, 9.17) is 23.2 Å². The highest BCUT2D eigenvalue weighted by molar-refractivity contribution is 6.36. The molecule has 0 unspecified atom stereocenters. The van der Waals surface area contributed by atoms with Crippen molar-refractivity contribution < 1.29 is 4.79 Å². The third kappa shape index (κ3) is 3.97. The summed E-state index contributed by atoms with van der Waals surface area (Å²) in [7, 11) is 0. The Morgan fingerprint density at radius 3 is 2.60 bits per heavy atom. The van der Waals surface area contributed by atoms with Gasteiger partial charge in [-0.15, -0.1) is 0 Å². The number of aromatic nitrogens is 4. The van der Waals surface area contributed by atoms with Crippen LogP contribution in [-0.2, 0) is 6.54 Å². The molecule has 0 saturated carbocycles. The van der Waals surface area contributed by atoms with Crippen molar-refractivity contribution in [3.05, 3.63) is 87.3 Å². The van der Waals surface area contributed by atoms with Crippen molar-refractivity contribution in [2.75, 3.05) is 0 Å². The molecule has 0 radical (unpaired) electrons. The molecule has 4 aromatic rings. The van der Waals surface area contributed by atoms with Crippen molar-refractivity contribution in [1.82, 2.24) is 25.3 Å². The molecule has 0 fully saturated rings. The summed E-state index contributed by atoms with van der Waals surface area (Å²) in [6, 6.07) is 16.7. The van der Waals surface area contributed by atoms with Crippen molar-refractivity contribution in [1.29, 1.82) is 0 Å². The number of carbonyl (C=O) groups is 1. The van der Waals surface area contributed by atoms with Gasteiger partial charge in [-0.3, -0.25) is 9.89 Å². The van der Waals surface area contributed by atoms with Crippen molar-refractivity contribution >= 4 is 29.1 Å². The molecule has 0 spiro atoms. The number of hydrogen-bond donors (Lipinski definition) is 2. The van der Waals surface area contributed by atoms with Crippen LogP contribution in [0.5, 0.6) is 0 Å². The second kappa shape index (κ2) is 8.34. The van der Waals surface area contributed by atoms with Gasteiger partial charge in [-0.2, -0.15) is 10.2 Å². The maximum absolute atomic E-state index is 12.6. The molecule has 2 aromatic heterocycles. The van der Waals surface area contributed by atoms with Gasteiger partial charge in [0.25, 0.3) is 5.91 Å². The second-order valence-corrected chi connectivity index (χ2v) is 7.71. The van der Waals surface area contributed by atoms with Crippen LogP contribution in [0.15, 0.2) is 54.6 Å². The molecule has 0 aliphatic carbocycles. The minimum absolute atomic E-state index is 0.259. The predicted octanol–water partition coefficient (Wildman–Crippen LogP) is 5.12. The smallest absolute Gasteiger partial charge is 0.269 e. The Balaban J connectivity index is 1.50. The van der Waals surface area contributed by atoms with Crippen LogP contribution < -0.4 is 5.32 Å². The van der Waals surface area contributed by atoms with E-state index < -0.39 is 0 Å². The van der Waals surface area contributed by atoms with Crippen LogP contribution >= 0.6 is 23.2 Å². The van der Waals surface area contributed by atoms with Gasteiger partial charge in [0.1, 0.15) is 5.69 Å². The molecule has 0 bridgehead atoms. The zero-order valence-electron chi connectivity index (χ0n) is 16.4. The van der Waals surface area contributed by atoms with Crippen LogP contribution in [-0.4, -0.2) is 25.9 Å². The van der Waals surface area contributed by atoms with E-state index >= 15 is 0 Å². The van der Waals surface area contributed by atoms with E-state index in [1.807, 2.05) is 48.9 Å². The molecule has 0 atom stereocenters. The van der Waals surface area contributed by atoms with E-state index in [1.54, 1.807) is 24.3 Å². The van der Waals surface area contributed by atoms with E-state index in [0.29, 0.717) is 33.5 Å². The first-order chi connectivity index (χ1) is 14.4. The number of nitrogens with zero attached hydrogens (tertiary/aromatic N) is 3. The van der Waals surface area contributed by atoms with Crippen LogP contribution in [0.25, 0.3) is 16.9 Å². The quantitative estimate of drug-likeness (QED) is 0.453. The number of H-pyrrole nitrogens is 1. The van der Waals surface area contributed by atoms with Gasteiger partial charge < -0.3 is 5.32 Å². The zero-order chi connectivity index (χ0) is 21.3. The minimum Gasteiger partial charge on any atom is -0.347 e. The Hall–Kier alpha value is -3.09. The largest absolute Gasteiger partial charge is 0.347 e.